The molecule has 1 aromatic heterocycles. The number of carbonyl (C=O) groups is 1. The molecule has 0 bridgehead atoms. The highest BCUT2D eigenvalue weighted by atomic mass is 16.5. The van der Waals surface area contributed by atoms with Gasteiger partial charge in [-0.1, -0.05) is 0 Å². The van der Waals surface area contributed by atoms with E-state index in [9.17, 15) is 9.90 Å². The maximum atomic E-state index is 12.1. The minimum Gasteiger partial charge on any atom is -0.388 e. The van der Waals surface area contributed by atoms with Gasteiger partial charge in [-0.2, -0.15) is 0 Å². The summed E-state index contributed by atoms with van der Waals surface area (Å²) in [5, 5.41) is 21.7. The third-order valence-electron chi connectivity index (χ3n) is 5.82. The van der Waals surface area contributed by atoms with Crippen LogP contribution in [0.25, 0.3) is 0 Å². The van der Waals surface area contributed by atoms with Crippen molar-refractivity contribution in [3.63, 3.8) is 0 Å². The van der Waals surface area contributed by atoms with Gasteiger partial charge in [0.15, 0.2) is 0 Å². The van der Waals surface area contributed by atoms with Crippen molar-refractivity contribution in [3.05, 3.63) is 12.7 Å². The van der Waals surface area contributed by atoms with E-state index in [-0.39, 0.29) is 12.5 Å². The van der Waals surface area contributed by atoms with E-state index in [0.29, 0.717) is 19.6 Å². The average Bonchev–Trinajstić information content (AvgIpc) is 3.18. The molecule has 2 saturated heterocycles. The van der Waals surface area contributed by atoms with Gasteiger partial charge in [0.25, 0.3) is 0 Å². The molecule has 1 aromatic rings. The Kier molecular flexibility index (Phi) is 6.46. The summed E-state index contributed by atoms with van der Waals surface area (Å²) < 4.78 is 13.2. The molecule has 0 aliphatic carbocycles. The molecule has 0 saturated carbocycles. The van der Waals surface area contributed by atoms with Gasteiger partial charge in [0.2, 0.25) is 5.91 Å². The molecule has 152 valence electrons. The van der Waals surface area contributed by atoms with Crippen molar-refractivity contribution in [2.75, 3.05) is 39.5 Å². The molecule has 9 heteroatoms. The van der Waals surface area contributed by atoms with Crippen molar-refractivity contribution in [1.29, 1.82) is 0 Å². The van der Waals surface area contributed by atoms with Crippen LogP contribution in [0.3, 0.4) is 0 Å². The van der Waals surface area contributed by atoms with Gasteiger partial charge in [-0.05, 0) is 33.1 Å². The van der Waals surface area contributed by atoms with Crippen LogP contribution in [-0.4, -0.2) is 87.4 Å². The fraction of sp³-hybridized carbons (Fsp3) is 0.833. The summed E-state index contributed by atoms with van der Waals surface area (Å²) in [6.45, 7) is 8.25. The SMILES string of the molecule is CCOCC(=O)N[C@]1(C)CCOC2(CCN(CCn3cnnc3)CC2)[C@H]1O. The van der Waals surface area contributed by atoms with Crippen LogP contribution in [0.15, 0.2) is 12.7 Å². The molecular weight excluding hydrogens is 350 g/mol. The highest BCUT2D eigenvalue weighted by Crippen LogP contribution is 2.39. The highest BCUT2D eigenvalue weighted by Gasteiger charge is 2.53. The molecule has 0 aromatic carbocycles. The first-order valence-electron chi connectivity index (χ1n) is 9.73. The fourth-order valence-corrected chi connectivity index (χ4v) is 4.11. The van der Waals surface area contributed by atoms with Gasteiger partial charge in [0.05, 0.1) is 11.1 Å². The number of nitrogens with one attached hydrogen (secondary N) is 1. The van der Waals surface area contributed by atoms with Crippen LogP contribution in [0.2, 0.25) is 0 Å². The largest absolute Gasteiger partial charge is 0.388 e. The van der Waals surface area contributed by atoms with Gasteiger partial charge in [-0.3, -0.25) is 4.79 Å². The fourth-order valence-electron chi connectivity index (χ4n) is 4.11. The number of amides is 1. The zero-order chi connectivity index (χ0) is 19.3. The number of carbonyl (C=O) groups excluding carboxylic acids is 1. The van der Waals surface area contributed by atoms with E-state index in [4.69, 9.17) is 9.47 Å². The lowest BCUT2D eigenvalue weighted by Crippen LogP contribution is -2.69. The van der Waals surface area contributed by atoms with Gasteiger partial charge in [0, 0.05) is 39.4 Å². The summed E-state index contributed by atoms with van der Waals surface area (Å²) in [6.07, 6.45) is 4.77. The molecule has 27 heavy (non-hydrogen) atoms. The zero-order valence-corrected chi connectivity index (χ0v) is 16.3. The maximum absolute atomic E-state index is 12.1. The van der Waals surface area contributed by atoms with Crippen molar-refractivity contribution in [1.82, 2.24) is 25.0 Å². The van der Waals surface area contributed by atoms with Gasteiger partial charge in [-0.15, -0.1) is 10.2 Å². The number of hydrogen-bond donors (Lipinski definition) is 2. The molecule has 2 aliphatic heterocycles. The molecule has 1 amide bonds. The molecule has 0 radical (unpaired) electrons. The lowest BCUT2D eigenvalue weighted by Gasteiger charge is -2.53. The first kappa shape index (κ1) is 20.2. The van der Waals surface area contributed by atoms with E-state index in [1.807, 2.05) is 18.4 Å². The Bertz CT molecular complexity index is 603. The Morgan fingerprint density at radius 3 is 2.67 bits per heavy atom. The van der Waals surface area contributed by atoms with Crippen molar-refractivity contribution in [2.24, 2.45) is 0 Å². The summed E-state index contributed by atoms with van der Waals surface area (Å²) in [6, 6.07) is 0. The topological polar surface area (TPSA) is 102 Å². The quantitative estimate of drug-likeness (QED) is 0.675. The van der Waals surface area contributed by atoms with E-state index in [1.54, 1.807) is 12.7 Å². The predicted molar refractivity (Wildman–Crippen MR) is 98.0 cm³/mol. The first-order chi connectivity index (χ1) is 13.0. The molecule has 2 aliphatic rings. The van der Waals surface area contributed by atoms with Gasteiger partial charge in [-0.25, -0.2) is 0 Å². The summed E-state index contributed by atoms with van der Waals surface area (Å²) >= 11 is 0. The third kappa shape index (κ3) is 4.66. The molecule has 3 heterocycles. The number of rotatable bonds is 7. The highest BCUT2D eigenvalue weighted by molar-refractivity contribution is 5.78. The van der Waals surface area contributed by atoms with E-state index < -0.39 is 17.2 Å². The Balaban J connectivity index is 1.55. The van der Waals surface area contributed by atoms with Crippen LogP contribution >= 0.6 is 0 Å². The summed E-state index contributed by atoms with van der Waals surface area (Å²) in [5.41, 5.74) is -1.30. The zero-order valence-electron chi connectivity index (χ0n) is 16.3. The normalized spacial score (nSPS) is 28.3. The van der Waals surface area contributed by atoms with Crippen LogP contribution in [0, 0.1) is 0 Å². The second-order valence-corrected chi connectivity index (χ2v) is 7.71. The second kappa shape index (κ2) is 8.64. The lowest BCUT2D eigenvalue weighted by molar-refractivity contribution is -0.208. The molecule has 0 unspecified atom stereocenters. The van der Waals surface area contributed by atoms with E-state index in [2.05, 4.69) is 20.4 Å². The van der Waals surface area contributed by atoms with Gasteiger partial charge >= 0.3 is 0 Å². The van der Waals surface area contributed by atoms with Crippen LogP contribution in [0.1, 0.15) is 33.1 Å². The smallest absolute Gasteiger partial charge is 0.246 e. The number of nitrogens with zero attached hydrogens (tertiary/aromatic N) is 4. The number of piperidine rings is 1. The standard InChI is InChI=1S/C18H31N5O4/c1-3-26-12-15(24)21-17(2)6-11-27-18(16(17)25)4-7-22(8-5-18)9-10-23-13-19-20-14-23/h13-14,16,25H,3-12H2,1-2H3,(H,21,24)/t16-,17+/m0/s1. The van der Waals surface area contributed by atoms with E-state index in [1.165, 1.54) is 0 Å². The number of aliphatic hydroxyl groups is 1. The minimum absolute atomic E-state index is 0.0174. The van der Waals surface area contributed by atoms with E-state index in [0.717, 1.165) is 39.0 Å². The Hall–Kier alpha value is -1.55. The van der Waals surface area contributed by atoms with E-state index >= 15 is 0 Å². The van der Waals surface area contributed by atoms with Crippen molar-refractivity contribution < 1.29 is 19.4 Å². The number of aromatic nitrogens is 3. The second-order valence-electron chi connectivity index (χ2n) is 7.71. The molecule has 1 spiro atoms. The predicted octanol–water partition coefficient (Wildman–Crippen LogP) is -0.195. The number of aliphatic hydroxyl groups excluding tert-OH is 1. The molecule has 3 rings (SSSR count). The van der Waals surface area contributed by atoms with Crippen molar-refractivity contribution >= 4 is 5.91 Å². The summed E-state index contributed by atoms with van der Waals surface area (Å²) in [4.78, 5) is 14.5. The Labute approximate surface area is 160 Å². The number of likely N-dealkylation sites (tertiary alicyclic amines) is 1. The van der Waals surface area contributed by atoms with Crippen LogP contribution in [0.5, 0.6) is 0 Å². The average molecular weight is 381 g/mol. The maximum Gasteiger partial charge on any atom is 0.246 e. The third-order valence-corrected chi connectivity index (χ3v) is 5.82. The monoisotopic (exact) mass is 381 g/mol. The lowest BCUT2D eigenvalue weighted by atomic mass is 9.73. The van der Waals surface area contributed by atoms with Crippen LogP contribution < -0.4 is 5.32 Å². The van der Waals surface area contributed by atoms with Gasteiger partial charge < -0.3 is 29.4 Å². The summed E-state index contributed by atoms with van der Waals surface area (Å²) in [5.74, 6) is -0.193. The Morgan fingerprint density at radius 2 is 2.00 bits per heavy atom. The molecule has 9 nitrogen and oxygen atoms in total. The van der Waals surface area contributed by atoms with Crippen LogP contribution in [0.4, 0.5) is 0 Å². The molecule has 2 fully saturated rings. The first-order valence-corrected chi connectivity index (χ1v) is 9.73. The molecular formula is C18H31N5O4. The molecule has 2 N–H and O–H groups in total. The van der Waals surface area contributed by atoms with Crippen molar-refractivity contribution in [3.8, 4) is 0 Å². The summed E-state index contributed by atoms with van der Waals surface area (Å²) in [7, 11) is 0. The van der Waals surface area contributed by atoms with Crippen molar-refractivity contribution in [2.45, 2.75) is 56.9 Å². The number of ether oxygens (including phenoxy) is 2. The minimum atomic E-state index is -0.746. The molecule has 2 atom stereocenters. The number of hydrogen-bond acceptors (Lipinski definition) is 7. The van der Waals surface area contributed by atoms with Crippen LogP contribution in [-0.2, 0) is 20.8 Å². The Morgan fingerprint density at radius 1 is 1.30 bits per heavy atom. The van der Waals surface area contributed by atoms with Gasteiger partial charge in [0.1, 0.15) is 25.4 Å².